The average Bonchev–Trinajstić information content (AvgIpc) is 3.01. The number of nitrogens with one attached hydrogen (secondary N) is 1. The number of fused-ring (bicyclic) bond motifs is 1. The molecule has 0 radical (unpaired) electrons. The Kier molecular flexibility index (Phi) is 9.57. The molecule has 0 unspecified atom stereocenters. The Morgan fingerprint density at radius 1 is 1.20 bits per heavy atom. The molecule has 0 saturated carbocycles. The summed E-state index contributed by atoms with van der Waals surface area (Å²) in [5.41, 5.74) is 7.49. The van der Waals surface area contributed by atoms with Crippen LogP contribution in [-0.2, 0) is 17.8 Å². The summed E-state index contributed by atoms with van der Waals surface area (Å²) in [7, 11) is 6.31. The lowest BCUT2D eigenvalue weighted by Gasteiger charge is -2.20. The number of likely N-dealkylation sites (N-methyl/N-ethyl adjacent to an activating group) is 1. The van der Waals surface area contributed by atoms with E-state index in [-0.39, 0.29) is 22.7 Å². The van der Waals surface area contributed by atoms with Crippen LogP contribution in [0.5, 0.6) is 11.5 Å². The Labute approximate surface area is 260 Å². The van der Waals surface area contributed by atoms with Crippen molar-refractivity contribution in [2.24, 2.45) is 5.73 Å². The van der Waals surface area contributed by atoms with Crippen LogP contribution in [0.1, 0.15) is 19.4 Å². The number of aryl methyl sites for hydroxylation is 2. The van der Waals surface area contributed by atoms with Crippen LogP contribution >= 0.6 is 11.6 Å². The molecule has 0 atom stereocenters. The minimum Gasteiger partial charge on any atom is -0.497 e. The first-order chi connectivity index (χ1) is 20.9. The normalized spacial score (nSPS) is 11.7. The van der Waals surface area contributed by atoms with E-state index in [4.69, 9.17) is 26.8 Å². The molecule has 4 rings (SSSR count). The van der Waals surface area contributed by atoms with Crippen molar-refractivity contribution in [2.75, 3.05) is 38.5 Å². The summed E-state index contributed by atoms with van der Waals surface area (Å²) in [6.45, 7) is 3.68. The van der Waals surface area contributed by atoms with Crippen molar-refractivity contribution in [3.05, 3.63) is 81.3 Å². The Hall–Kier alpha value is -4.92. The number of aromatic nitrogens is 3. The maximum absolute atomic E-state index is 14.1. The molecule has 0 aliphatic rings. The van der Waals surface area contributed by atoms with E-state index in [9.17, 15) is 14.9 Å². The molecule has 0 aliphatic carbocycles. The maximum atomic E-state index is 14.1. The highest BCUT2D eigenvalue weighted by Crippen LogP contribution is 2.38. The van der Waals surface area contributed by atoms with Crippen LogP contribution in [0, 0.1) is 11.3 Å². The summed E-state index contributed by atoms with van der Waals surface area (Å²) < 4.78 is 12.4. The van der Waals surface area contributed by atoms with Gasteiger partial charge in [-0.3, -0.25) is 14.2 Å². The van der Waals surface area contributed by atoms with E-state index < -0.39 is 11.4 Å². The minimum absolute atomic E-state index is 0.0481. The van der Waals surface area contributed by atoms with Gasteiger partial charge in [-0.1, -0.05) is 23.7 Å². The van der Waals surface area contributed by atoms with E-state index in [1.54, 1.807) is 63.0 Å². The highest BCUT2D eigenvalue weighted by atomic mass is 35.5. The number of nitrogens with two attached hydrogens (primary N) is 1. The summed E-state index contributed by atoms with van der Waals surface area (Å²) in [6.07, 6.45) is 3.52. The Morgan fingerprint density at radius 3 is 2.59 bits per heavy atom. The second-order valence-corrected chi connectivity index (χ2v) is 11.1. The lowest BCUT2D eigenvalue weighted by Crippen LogP contribution is -2.33. The molecule has 0 bridgehead atoms. The van der Waals surface area contributed by atoms with Crippen molar-refractivity contribution in [3.63, 3.8) is 0 Å². The summed E-state index contributed by atoms with van der Waals surface area (Å²) in [6, 6.07) is 14.3. The van der Waals surface area contributed by atoms with Gasteiger partial charge in [0.2, 0.25) is 5.95 Å². The van der Waals surface area contributed by atoms with Crippen LogP contribution in [0.2, 0.25) is 5.02 Å². The zero-order valence-electron chi connectivity index (χ0n) is 25.4. The van der Waals surface area contributed by atoms with Gasteiger partial charge in [0.15, 0.2) is 0 Å². The van der Waals surface area contributed by atoms with Gasteiger partial charge in [0.25, 0.3) is 11.5 Å². The SMILES string of the molecule is CNc1ncc2cc(-c3cc(OC)cc(OC)c3Cl)c(=O)n(CCc3cccc(N(C)C(=O)C(C#N)=CC(C)(C)N)c3)c2n1. The number of benzene rings is 2. The number of rotatable bonds is 10. The molecule has 0 fully saturated rings. The van der Waals surface area contributed by atoms with Gasteiger partial charge in [-0.05, 0) is 56.2 Å². The number of pyridine rings is 1. The third kappa shape index (κ3) is 6.83. The molecule has 2 aromatic heterocycles. The van der Waals surface area contributed by atoms with Crippen LogP contribution in [0.15, 0.2) is 65.1 Å². The Bertz CT molecular complexity index is 1850. The highest BCUT2D eigenvalue weighted by Gasteiger charge is 2.21. The van der Waals surface area contributed by atoms with Gasteiger partial charge in [-0.25, -0.2) is 4.98 Å². The number of methoxy groups -OCH3 is 2. The second-order valence-electron chi connectivity index (χ2n) is 10.7. The first kappa shape index (κ1) is 32.0. The van der Waals surface area contributed by atoms with Crippen molar-refractivity contribution in [1.82, 2.24) is 14.5 Å². The van der Waals surface area contributed by atoms with Crippen LogP contribution in [0.25, 0.3) is 22.2 Å². The summed E-state index contributed by atoms with van der Waals surface area (Å²) >= 11 is 6.68. The van der Waals surface area contributed by atoms with Crippen molar-refractivity contribution in [3.8, 4) is 28.7 Å². The molecule has 1 amide bonds. The van der Waals surface area contributed by atoms with Gasteiger partial charge in [0.05, 0.1) is 19.2 Å². The highest BCUT2D eigenvalue weighted by molar-refractivity contribution is 6.35. The fourth-order valence-electron chi connectivity index (χ4n) is 4.69. The average molecular weight is 616 g/mol. The van der Waals surface area contributed by atoms with Gasteiger partial charge in [0.1, 0.15) is 28.8 Å². The third-order valence-electron chi connectivity index (χ3n) is 6.90. The fourth-order valence-corrected chi connectivity index (χ4v) is 4.98. The van der Waals surface area contributed by atoms with E-state index in [0.717, 1.165) is 5.56 Å². The first-order valence-electron chi connectivity index (χ1n) is 13.7. The van der Waals surface area contributed by atoms with Crippen molar-refractivity contribution in [2.45, 2.75) is 32.4 Å². The fraction of sp³-hybridized carbons (Fsp3) is 0.281. The molecule has 4 aromatic rings. The third-order valence-corrected chi connectivity index (χ3v) is 7.29. The maximum Gasteiger partial charge on any atom is 0.268 e. The van der Waals surface area contributed by atoms with Crippen LogP contribution in [0.3, 0.4) is 0 Å². The number of ether oxygens (including phenoxy) is 2. The van der Waals surface area contributed by atoms with Gasteiger partial charge < -0.3 is 25.4 Å². The minimum atomic E-state index is -0.828. The molecule has 0 saturated heterocycles. The molecule has 228 valence electrons. The number of hydrogen-bond donors (Lipinski definition) is 2. The van der Waals surface area contributed by atoms with Crippen LogP contribution < -0.4 is 31.0 Å². The summed E-state index contributed by atoms with van der Waals surface area (Å²) in [5, 5.41) is 13.4. The number of nitriles is 1. The van der Waals surface area contributed by atoms with Gasteiger partial charge in [-0.2, -0.15) is 10.2 Å². The zero-order valence-corrected chi connectivity index (χ0v) is 26.2. The number of amides is 1. The largest absolute Gasteiger partial charge is 0.497 e. The monoisotopic (exact) mass is 615 g/mol. The lowest BCUT2D eigenvalue weighted by molar-refractivity contribution is -0.114. The Balaban J connectivity index is 1.76. The molecular formula is C32H34ClN7O4. The number of anilines is 2. The number of carbonyl (C=O) groups is 1. The molecule has 2 aromatic carbocycles. The summed E-state index contributed by atoms with van der Waals surface area (Å²) in [4.78, 5) is 37.5. The predicted molar refractivity (Wildman–Crippen MR) is 172 cm³/mol. The van der Waals surface area contributed by atoms with Gasteiger partial charge in [-0.15, -0.1) is 0 Å². The zero-order chi connectivity index (χ0) is 32.2. The molecule has 44 heavy (non-hydrogen) atoms. The molecule has 11 nitrogen and oxygen atoms in total. The molecule has 0 aliphatic heterocycles. The van der Waals surface area contributed by atoms with Gasteiger partial charge in [0, 0.05) is 60.6 Å². The van der Waals surface area contributed by atoms with Gasteiger partial charge >= 0.3 is 0 Å². The lowest BCUT2D eigenvalue weighted by atomic mass is 10.0. The number of carbonyl (C=O) groups excluding carboxylic acids is 1. The van der Waals surface area contributed by atoms with Crippen molar-refractivity contribution >= 4 is 40.2 Å². The number of nitrogens with zero attached hydrogens (tertiary/aromatic N) is 5. The van der Waals surface area contributed by atoms with Crippen LogP contribution in [-0.4, -0.2) is 54.3 Å². The van der Waals surface area contributed by atoms with E-state index >= 15 is 0 Å². The molecule has 0 spiro atoms. The Morgan fingerprint density at radius 2 is 1.95 bits per heavy atom. The molecule has 3 N–H and O–H groups in total. The van der Waals surface area contributed by atoms with E-state index in [2.05, 4.69) is 15.3 Å². The molecular weight excluding hydrogens is 582 g/mol. The first-order valence-corrected chi connectivity index (χ1v) is 14.1. The smallest absolute Gasteiger partial charge is 0.268 e. The second kappa shape index (κ2) is 13.2. The predicted octanol–water partition coefficient (Wildman–Crippen LogP) is 4.56. The van der Waals surface area contributed by atoms with Crippen molar-refractivity contribution < 1.29 is 14.3 Å². The standard InChI is InChI=1S/C32H34ClN7O4/c1-32(2,35)16-21(17-34)29(41)39(4)22-9-7-8-19(12-22)10-11-40-28-20(18-37-31(36-3)38-28)13-25(30(40)42)24-14-23(43-5)15-26(44-6)27(24)33/h7-9,12-16,18H,10-11,35H2,1-6H3,(H,36,37,38). The quantitative estimate of drug-likeness (QED) is 0.193. The topological polar surface area (TPSA) is 148 Å². The van der Waals surface area contributed by atoms with E-state index in [0.29, 0.717) is 51.7 Å². The van der Waals surface area contributed by atoms with E-state index in [1.165, 1.54) is 25.2 Å². The number of hydrogen-bond acceptors (Lipinski definition) is 9. The molecule has 2 heterocycles. The molecule has 12 heteroatoms. The number of halogens is 1. The van der Waals surface area contributed by atoms with E-state index in [1.807, 2.05) is 24.3 Å². The van der Waals surface area contributed by atoms with Crippen molar-refractivity contribution in [1.29, 1.82) is 5.26 Å². The summed E-state index contributed by atoms with van der Waals surface area (Å²) in [5.74, 6) is 0.742. The van der Waals surface area contributed by atoms with Crippen LogP contribution in [0.4, 0.5) is 11.6 Å².